The first-order valence-corrected chi connectivity index (χ1v) is 28.5. The Balaban J connectivity index is 4.04. The van der Waals surface area contributed by atoms with Gasteiger partial charge < -0.3 is 27.9 Å². The van der Waals surface area contributed by atoms with Crippen molar-refractivity contribution in [2.45, 2.75) is 264 Å². The zero-order valence-electron chi connectivity index (χ0n) is 42.5. The number of ether oxygens (including phenoxy) is 2. The number of hydrogen-bond acceptors (Lipinski definition) is 7. The second-order valence-electron chi connectivity index (χ2n) is 19.6. The average molecular weight is 912 g/mol. The molecule has 0 aromatic rings. The molecule has 0 N–H and O–H groups in total. The van der Waals surface area contributed by atoms with Crippen LogP contribution >= 0.6 is 7.82 Å². The molecule has 0 aromatic carbocycles. The van der Waals surface area contributed by atoms with Crippen LogP contribution in [0.15, 0.2) is 24.3 Å². The smallest absolute Gasteiger partial charge is 0.306 e. The number of carbonyl (C=O) groups is 1. The van der Waals surface area contributed by atoms with Gasteiger partial charge in [-0.3, -0.25) is 9.36 Å². The van der Waals surface area contributed by atoms with Gasteiger partial charge in [0.2, 0.25) is 0 Å². The summed E-state index contributed by atoms with van der Waals surface area (Å²) in [4.78, 5) is 25.2. The second-order valence-corrected chi connectivity index (χ2v) is 21.0. The molecule has 0 aliphatic rings. The van der Waals surface area contributed by atoms with Crippen LogP contribution in [0.25, 0.3) is 0 Å². The van der Waals surface area contributed by atoms with Gasteiger partial charge >= 0.3 is 5.97 Å². The van der Waals surface area contributed by atoms with E-state index in [2.05, 4.69) is 38.2 Å². The Morgan fingerprint density at radius 1 is 0.492 bits per heavy atom. The van der Waals surface area contributed by atoms with Crippen LogP contribution in [-0.4, -0.2) is 70.7 Å². The number of hydrogen-bond donors (Lipinski definition) is 0. The van der Waals surface area contributed by atoms with E-state index in [4.69, 9.17) is 18.5 Å². The summed E-state index contributed by atoms with van der Waals surface area (Å²) >= 11 is 0. The molecule has 0 saturated carbocycles. The average Bonchev–Trinajstić information content (AvgIpc) is 3.24. The Hall–Kier alpha value is -1.02. The third-order valence-corrected chi connectivity index (χ3v) is 13.0. The summed E-state index contributed by atoms with van der Waals surface area (Å²) in [6.45, 7) is 5.42. The van der Waals surface area contributed by atoms with Crippen LogP contribution in [-0.2, 0) is 27.9 Å². The Morgan fingerprint density at radius 2 is 0.873 bits per heavy atom. The van der Waals surface area contributed by atoms with Crippen molar-refractivity contribution < 1.29 is 37.3 Å². The molecule has 0 aliphatic heterocycles. The Labute approximate surface area is 392 Å². The largest absolute Gasteiger partial charge is 0.756 e. The van der Waals surface area contributed by atoms with Gasteiger partial charge in [-0.1, -0.05) is 231 Å². The second kappa shape index (κ2) is 47.5. The highest BCUT2D eigenvalue weighted by atomic mass is 31.2. The van der Waals surface area contributed by atoms with Crippen molar-refractivity contribution in [1.82, 2.24) is 0 Å². The number of likely N-dealkylation sites (N-methyl/N-ethyl adjacent to an activating group) is 1. The topological polar surface area (TPSA) is 94.1 Å². The van der Waals surface area contributed by atoms with Crippen molar-refractivity contribution in [3.05, 3.63) is 24.3 Å². The van der Waals surface area contributed by atoms with Crippen molar-refractivity contribution in [1.29, 1.82) is 0 Å². The molecule has 0 radical (unpaired) electrons. The number of carbonyl (C=O) groups excluding carboxylic acids is 1. The summed E-state index contributed by atoms with van der Waals surface area (Å²) < 4.78 is 34.8. The number of phosphoric acid groups is 1. The van der Waals surface area contributed by atoms with Gasteiger partial charge in [0.25, 0.3) is 7.82 Å². The normalized spacial score (nSPS) is 13.7. The monoisotopic (exact) mass is 912 g/mol. The molecule has 0 amide bonds. The van der Waals surface area contributed by atoms with E-state index in [0.29, 0.717) is 24.1 Å². The van der Waals surface area contributed by atoms with E-state index in [1.807, 2.05) is 21.1 Å². The van der Waals surface area contributed by atoms with Crippen LogP contribution in [0.4, 0.5) is 0 Å². The van der Waals surface area contributed by atoms with Gasteiger partial charge in [0, 0.05) is 13.0 Å². The first-order valence-electron chi connectivity index (χ1n) is 27.1. The molecule has 0 rings (SSSR count). The predicted octanol–water partition coefficient (Wildman–Crippen LogP) is 16.1. The van der Waals surface area contributed by atoms with Crippen LogP contribution in [0.1, 0.15) is 258 Å². The quantitative estimate of drug-likeness (QED) is 0.0197. The highest BCUT2D eigenvalue weighted by Gasteiger charge is 2.20. The number of allylic oxidation sites excluding steroid dienone is 4. The minimum atomic E-state index is -4.53. The maximum Gasteiger partial charge on any atom is 0.306 e. The molecule has 0 spiro atoms. The Bertz CT molecular complexity index is 1060. The van der Waals surface area contributed by atoms with Gasteiger partial charge in [-0.05, 0) is 44.9 Å². The molecular formula is C54H106NO7P. The highest BCUT2D eigenvalue weighted by Crippen LogP contribution is 2.38. The molecule has 63 heavy (non-hydrogen) atoms. The number of phosphoric ester groups is 1. The molecule has 374 valence electrons. The van der Waals surface area contributed by atoms with E-state index in [0.717, 1.165) is 44.9 Å². The summed E-state index contributed by atoms with van der Waals surface area (Å²) in [5, 5.41) is 0. The molecule has 0 aliphatic carbocycles. The molecule has 0 fully saturated rings. The first kappa shape index (κ1) is 62.0. The van der Waals surface area contributed by atoms with Gasteiger partial charge in [-0.2, -0.15) is 0 Å². The minimum absolute atomic E-state index is 0.0262. The van der Waals surface area contributed by atoms with Crippen molar-refractivity contribution in [3.63, 3.8) is 0 Å². The van der Waals surface area contributed by atoms with Crippen LogP contribution in [0.3, 0.4) is 0 Å². The minimum Gasteiger partial charge on any atom is -0.756 e. The van der Waals surface area contributed by atoms with E-state index in [-0.39, 0.29) is 25.8 Å². The first-order chi connectivity index (χ1) is 30.6. The van der Waals surface area contributed by atoms with Crippen LogP contribution in [0.5, 0.6) is 0 Å². The molecule has 0 bridgehead atoms. The molecule has 0 aromatic heterocycles. The Morgan fingerprint density at radius 3 is 1.32 bits per heavy atom. The number of rotatable bonds is 51. The number of nitrogens with zero attached hydrogens (tertiary/aromatic N) is 1. The molecule has 2 atom stereocenters. The maximum atomic E-state index is 12.8. The van der Waals surface area contributed by atoms with Crippen molar-refractivity contribution >= 4 is 13.8 Å². The lowest BCUT2D eigenvalue weighted by Crippen LogP contribution is -2.37. The van der Waals surface area contributed by atoms with Crippen molar-refractivity contribution in [2.24, 2.45) is 0 Å². The zero-order valence-corrected chi connectivity index (χ0v) is 43.4. The van der Waals surface area contributed by atoms with Crippen LogP contribution < -0.4 is 4.89 Å². The summed E-state index contributed by atoms with van der Waals surface area (Å²) in [7, 11) is 1.36. The van der Waals surface area contributed by atoms with E-state index >= 15 is 0 Å². The van der Waals surface area contributed by atoms with Gasteiger partial charge in [0.1, 0.15) is 19.3 Å². The van der Waals surface area contributed by atoms with E-state index in [1.165, 1.54) is 193 Å². The van der Waals surface area contributed by atoms with Crippen LogP contribution in [0, 0.1) is 0 Å². The summed E-state index contributed by atoms with van der Waals surface area (Å²) in [6, 6.07) is 0. The molecule has 2 unspecified atom stereocenters. The van der Waals surface area contributed by atoms with Crippen LogP contribution in [0.2, 0.25) is 0 Å². The van der Waals surface area contributed by atoms with Gasteiger partial charge in [-0.15, -0.1) is 0 Å². The van der Waals surface area contributed by atoms with Crippen molar-refractivity contribution in [2.75, 3.05) is 54.1 Å². The fourth-order valence-corrected chi connectivity index (χ4v) is 8.54. The summed E-state index contributed by atoms with van der Waals surface area (Å²) in [5.74, 6) is -0.332. The standard InChI is InChI=1S/C54H106NO7P/c1-6-8-10-12-14-16-18-20-22-24-25-26-27-28-29-30-31-32-33-35-37-39-41-43-45-47-54(56)62-53(52-61-63(57,58)60-50-48-55(3,4)5)51-59-49-46-44-42-40-38-36-34-23-21-19-17-15-13-11-9-7-2/h15,17,21,23,53H,6-14,16,18-20,22,24-52H2,1-5H3/b17-15-,23-21-. The summed E-state index contributed by atoms with van der Waals surface area (Å²) in [5.41, 5.74) is 0. The maximum absolute atomic E-state index is 12.8. The zero-order chi connectivity index (χ0) is 46.2. The fraction of sp³-hybridized carbons (Fsp3) is 0.907. The highest BCUT2D eigenvalue weighted by molar-refractivity contribution is 7.45. The lowest BCUT2D eigenvalue weighted by Gasteiger charge is -2.28. The lowest BCUT2D eigenvalue weighted by atomic mass is 10.0. The molecule has 0 heterocycles. The van der Waals surface area contributed by atoms with Gasteiger partial charge in [0.05, 0.1) is 34.4 Å². The Kier molecular flexibility index (Phi) is 46.7. The van der Waals surface area contributed by atoms with E-state index < -0.39 is 13.9 Å². The third-order valence-electron chi connectivity index (χ3n) is 12.0. The van der Waals surface area contributed by atoms with Gasteiger partial charge in [-0.25, -0.2) is 0 Å². The predicted molar refractivity (Wildman–Crippen MR) is 268 cm³/mol. The third kappa shape index (κ3) is 51.8. The number of unbranched alkanes of at least 4 members (excludes halogenated alkanes) is 33. The SMILES string of the molecule is CCCCC/C=C\C/C=C\CCCCCCCCOCC(COP(=O)([O-])OCC[N+](C)(C)C)OC(=O)CCCCCCCCCCCCCCCCCCCCCCCCCCC. The van der Waals surface area contributed by atoms with Gasteiger partial charge in [0.15, 0.2) is 0 Å². The molecule has 9 heteroatoms. The number of quaternary nitrogens is 1. The lowest BCUT2D eigenvalue weighted by molar-refractivity contribution is -0.870. The fourth-order valence-electron chi connectivity index (χ4n) is 7.81. The van der Waals surface area contributed by atoms with E-state index in [1.54, 1.807) is 0 Å². The molecule has 8 nitrogen and oxygen atoms in total. The number of esters is 1. The van der Waals surface area contributed by atoms with Crippen molar-refractivity contribution in [3.8, 4) is 0 Å². The van der Waals surface area contributed by atoms with E-state index in [9.17, 15) is 14.3 Å². The molecule has 0 saturated heterocycles. The molecular weight excluding hydrogens is 806 g/mol. The summed E-state index contributed by atoms with van der Waals surface area (Å²) in [6.07, 6.45) is 56.4.